The second kappa shape index (κ2) is 8.79. The van der Waals surface area contributed by atoms with Gasteiger partial charge in [-0.05, 0) is 42.7 Å². The average molecular weight is 421 g/mol. The molecule has 0 bridgehead atoms. The number of fused-ring (bicyclic) bond motifs is 2. The van der Waals surface area contributed by atoms with Crippen LogP contribution in [0.15, 0.2) is 47.3 Å². The third-order valence-electron chi connectivity index (χ3n) is 5.47. The number of nitrogens with zero attached hydrogens (tertiary/aromatic N) is 2. The van der Waals surface area contributed by atoms with Gasteiger partial charge >= 0.3 is 0 Å². The van der Waals surface area contributed by atoms with Crippen LogP contribution in [0.3, 0.4) is 0 Å². The van der Waals surface area contributed by atoms with E-state index in [1.807, 2.05) is 38.1 Å². The van der Waals surface area contributed by atoms with E-state index >= 15 is 0 Å². The lowest BCUT2D eigenvalue weighted by atomic mass is 9.95. The number of aromatic nitrogens is 2. The number of benzene rings is 2. The zero-order valence-electron chi connectivity index (χ0n) is 18.1. The van der Waals surface area contributed by atoms with Crippen LogP contribution in [-0.2, 0) is 11.3 Å². The molecule has 162 valence electrons. The Kier molecular flexibility index (Phi) is 5.93. The van der Waals surface area contributed by atoms with E-state index < -0.39 is 0 Å². The third-order valence-corrected chi connectivity index (χ3v) is 5.47. The summed E-state index contributed by atoms with van der Waals surface area (Å²) >= 11 is 0. The summed E-state index contributed by atoms with van der Waals surface area (Å²) in [5, 5.41) is 3.59. The molecule has 0 saturated carbocycles. The number of ether oxygens (including phenoxy) is 2. The minimum absolute atomic E-state index is 0.0870. The Morgan fingerprint density at radius 1 is 1.13 bits per heavy atom. The maximum Gasteiger partial charge on any atom is 0.261 e. The highest BCUT2D eigenvalue weighted by atomic mass is 16.5. The largest absolute Gasteiger partial charge is 0.490 e. The highest BCUT2D eigenvalue weighted by Gasteiger charge is 2.22. The molecule has 0 unspecified atom stereocenters. The fourth-order valence-electron chi connectivity index (χ4n) is 3.84. The maximum absolute atomic E-state index is 12.9. The van der Waals surface area contributed by atoms with Crippen molar-refractivity contribution in [2.45, 2.75) is 39.8 Å². The molecular weight excluding hydrogens is 394 g/mol. The number of nitrogens with one attached hydrogen (secondary N) is 1. The van der Waals surface area contributed by atoms with Gasteiger partial charge in [-0.15, -0.1) is 0 Å². The number of rotatable bonds is 5. The van der Waals surface area contributed by atoms with Crippen molar-refractivity contribution in [2.75, 3.05) is 13.2 Å². The number of para-hydroxylation sites is 1. The van der Waals surface area contributed by atoms with Crippen LogP contribution in [0, 0.1) is 12.8 Å². The second-order valence-electron chi connectivity index (χ2n) is 8.11. The van der Waals surface area contributed by atoms with Crippen LogP contribution in [0.2, 0.25) is 0 Å². The van der Waals surface area contributed by atoms with E-state index in [9.17, 15) is 9.59 Å². The Balaban J connectivity index is 1.57. The van der Waals surface area contributed by atoms with Gasteiger partial charge in [0, 0.05) is 6.42 Å². The van der Waals surface area contributed by atoms with E-state index in [2.05, 4.69) is 10.3 Å². The molecule has 4 rings (SSSR count). The number of carbonyl (C=O) groups excluding carboxylic acids is 1. The van der Waals surface area contributed by atoms with Gasteiger partial charge < -0.3 is 14.8 Å². The summed E-state index contributed by atoms with van der Waals surface area (Å²) < 4.78 is 12.9. The van der Waals surface area contributed by atoms with Crippen LogP contribution in [0.4, 0.5) is 0 Å². The molecule has 7 nitrogen and oxygen atoms in total. The highest BCUT2D eigenvalue weighted by Crippen LogP contribution is 2.34. The van der Waals surface area contributed by atoms with E-state index in [-0.39, 0.29) is 30.0 Å². The van der Waals surface area contributed by atoms with Crippen molar-refractivity contribution in [2.24, 2.45) is 5.92 Å². The molecule has 2 heterocycles. The summed E-state index contributed by atoms with van der Waals surface area (Å²) in [6.07, 6.45) is 0.836. The molecular formula is C24H27N3O4. The molecule has 0 saturated heterocycles. The quantitative estimate of drug-likeness (QED) is 0.683. The molecule has 2 aromatic carbocycles. The maximum atomic E-state index is 12.9. The van der Waals surface area contributed by atoms with Crippen molar-refractivity contribution in [1.29, 1.82) is 0 Å². The van der Waals surface area contributed by atoms with Crippen LogP contribution in [0.25, 0.3) is 10.9 Å². The van der Waals surface area contributed by atoms with Crippen LogP contribution in [0.5, 0.6) is 11.5 Å². The Bertz CT molecular complexity index is 1170. The van der Waals surface area contributed by atoms with Crippen LogP contribution in [-0.4, -0.2) is 28.7 Å². The fourth-order valence-corrected chi connectivity index (χ4v) is 3.84. The summed E-state index contributed by atoms with van der Waals surface area (Å²) in [6.45, 7) is 6.98. The molecule has 0 spiro atoms. The number of hydrogen-bond acceptors (Lipinski definition) is 5. The van der Waals surface area contributed by atoms with Crippen molar-refractivity contribution in [3.05, 3.63) is 64.2 Å². The summed E-state index contributed by atoms with van der Waals surface area (Å²) in [6, 6.07) is 12.7. The Morgan fingerprint density at radius 2 is 1.87 bits per heavy atom. The van der Waals surface area contributed by atoms with E-state index in [0.29, 0.717) is 35.7 Å². The number of aryl methyl sites for hydroxylation is 1. The Hall–Kier alpha value is -3.35. The van der Waals surface area contributed by atoms with Crippen LogP contribution < -0.4 is 20.3 Å². The predicted molar refractivity (Wildman–Crippen MR) is 119 cm³/mol. The van der Waals surface area contributed by atoms with Gasteiger partial charge in [0.15, 0.2) is 11.5 Å². The van der Waals surface area contributed by atoms with Crippen molar-refractivity contribution in [3.63, 3.8) is 0 Å². The third kappa shape index (κ3) is 4.40. The van der Waals surface area contributed by atoms with Gasteiger partial charge in [-0.2, -0.15) is 0 Å². The first-order chi connectivity index (χ1) is 14.9. The standard InChI is InChI=1S/C24H27N3O4/c1-15(2)23(17-9-10-20-21(13-17)31-12-6-11-30-20)26-22(28)14-27-16(3)25-19-8-5-4-7-18(19)24(27)29/h4-5,7-10,13,15,23H,6,11-12,14H2,1-3H3,(H,26,28)/t23-/m0/s1. The van der Waals surface area contributed by atoms with Gasteiger partial charge in [-0.1, -0.05) is 32.0 Å². The highest BCUT2D eigenvalue weighted by molar-refractivity contribution is 5.79. The van der Waals surface area contributed by atoms with Crippen LogP contribution in [0.1, 0.15) is 37.7 Å². The van der Waals surface area contributed by atoms with Gasteiger partial charge in [0.1, 0.15) is 12.4 Å². The lowest BCUT2D eigenvalue weighted by Crippen LogP contribution is -2.37. The molecule has 1 aliphatic rings. The Labute approximate surface area is 181 Å². The summed E-state index contributed by atoms with van der Waals surface area (Å²) in [4.78, 5) is 30.3. The zero-order chi connectivity index (χ0) is 22.0. The summed E-state index contributed by atoms with van der Waals surface area (Å²) in [5.74, 6) is 1.82. The molecule has 1 N–H and O–H groups in total. The van der Waals surface area contributed by atoms with Gasteiger partial charge in [0.25, 0.3) is 5.56 Å². The molecule has 1 atom stereocenters. The van der Waals surface area contributed by atoms with Crippen LogP contribution >= 0.6 is 0 Å². The van der Waals surface area contributed by atoms with E-state index in [0.717, 1.165) is 17.7 Å². The Morgan fingerprint density at radius 3 is 2.65 bits per heavy atom. The average Bonchev–Trinajstić information content (AvgIpc) is 2.99. The van der Waals surface area contributed by atoms with Gasteiger partial charge in [-0.25, -0.2) is 4.98 Å². The lowest BCUT2D eigenvalue weighted by molar-refractivity contribution is -0.122. The number of hydrogen-bond donors (Lipinski definition) is 1. The van der Waals surface area contributed by atoms with E-state index in [4.69, 9.17) is 9.47 Å². The number of carbonyl (C=O) groups is 1. The molecule has 0 aliphatic carbocycles. The van der Waals surface area contributed by atoms with Gasteiger partial charge in [0.2, 0.25) is 5.91 Å². The molecule has 0 fully saturated rings. The van der Waals surface area contributed by atoms with Crippen molar-refractivity contribution < 1.29 is 14.3 Å². The second-order valence-corrected chi connectivity index (χ2v) is 8.11. The van der Waals surface area contributed by atoms with Gasteiger partial charge in [-0.3, -0.25) is 14.2 Å². The van der Waals surface area contributed by atoms with E-state index in [1.165, 1.54) is 4.57 Å². The monoisotopic (exact) mass is 421 g/mol. The molecule has 7 heteroatoms. The normalized spacial score (nSPS) is 14.3. The number of amides is 1. The molecule has 3 aromatic rings. The zero-order valence-corrected chi connectivity index (χ0v) is 18.1. The smallest absolute Gasteiger partial charge is 0.261 e. The first-order valence-electron chi connectivity index (χ1n) is 10.6. The predicted octanol–water partition coefficient (Wildman–Crippen LogP) is 3.38. The summed E-state index contributed by atoms with van der Waals surface area (Å²) in [7, 11) is 0. The first kappa shape index (κ1) is 20.9. The van der Waals surface area contributed by atoms with Gasteiger partial charge in [0.05, 0.1) is 30.2 Å². The van der Waals surface area contributed by atoms with Crippen molar-refractivity contribution in [1.82, 2.24) is 14.9 Å². The fraction of sp³-hybridized carbons (Fsp3) is 0.375. The molecule has 1 aliphatic heterocycles. The minimum atomic E-state index is -0.243. The summed E-state index contributed by atoms with van der Waals surface area (Å²) in [5.41, 5.74) is 1.36. The molecule has 1 aromatic heterocycles. The topological polar surface area (TPSA) is 82.5 Å². The minimum Gasteiger partial charge on any atom is -0.490 e. The lowest BCUT2D eigenvalue weighted by Gasteiger charge is -2.24. The van der Waals surface area contributed by atoms with Crippen molar-refractivity contribution in [3.8, 4) is 11.5 Å². The molecule has 31 heavy (non-hydrogen) atoms. The first-order valence-corrected chi connectivity index (χ1v) is 10.6. The molecule has 0 radical (unpaired) electrons. The van der Waals surface area contributed by atoms with Crippen molar-refractivity contribution >= 4 is 16.8 Å². The SMILES string of the molecule is Cc1nc2ccccc2c(=O)n1CC(=O)N[C@H](c1ccc2c(c1)OCCCO2)C(C)C. The molecule has 1 amide bonds. The van der Waals surface area contributed by atoms with E-state index in [1.54, 1.807) is 25.1 Å².